The van der Waals surface area contributed by atoms with Crippen molar-refractivity contribution in [1.82, 2.24) is 15.8 Å². The lowest BCUT2D eigenvalue weighted by molar-refractivity contribution is -0.150. The van der Waals surface area contributed by atoms with Crippen molar-refractivity contribution >= 4 is 18.1 Å². The van der Waals surface area contributed by atoms with Crippen LogP contribution >= 0.6 is 0 Å². The van der Waals surface area contributed by atoms with Crippen LogP contribution in [-0.2, 0) is 25.6 Å². The third-order valence-electron chi connectivity index (χ3n) is 5.44. The van der Waals surface area contributed by atoms with Gasteiger partial charge in [0, 0.05) is 13.2 Å². The van der Waals surface area contributed by atoms with Crippen LogP contribution in [-0.4, -0.2) is 49.1 Å². The van der Waals surface area contributed by atoms with E-state index in [9.17, 15) is 14.4 Å². The SMILES string of the molecule is CCCCCCOC(C(=O)NC(=O)OCCCC)N(CCCCCC)NC(=O)OCc1ccccc1. The van der Waals surface area contributed by atoms with Gasteiger partial charge >= 0.3 is 12.2 Å². The topological polar surface area (TPSA) is 106 Å². The van der Waals surface area contributed by atoms with Crippen LogP contribution in [0.1, 0.15) is 90.5 Å². The molecule has 9 heteroatoms. The van der Waals surface area contributed by atoms with Gasteiger partial charge in [0.05, 0.1) is 6.61 Å². The molecule has 1 rings (SSSR count). The van der Waals surface area contributed by atoms with Crippen LogP contribution in [0.15, 0.2) is 30.3 Å². The molecule has 0 spiro atoms. The molecule has 0 fully saturated rings. The smallest absolute Gasteiger partial charge is 0.422 e. The molecule has 0 saturated heterocycles. The summed E-state index contributed by atoms with van der Waals surface area (Å²) in [6, 6.07) is 9.33. The first-order chi connectivity index (χ1) is 17.5. The Morgan fingerprint density at radius 3 is 2.11 bits per heavy atom. The molecular weight excluding hydrogens is 462 g/mol. The number of ether oxygens (including phenoxy) is 3. The lowest BCUT2D eigenvalue weighted by atomic mass is 10.2. The van der Waals surface area contributed by atoms with Crippen molar-refractivity contribution in [3.05, 3.63) is 35.9 Å². The average Bonchev–Trinajstić information content (AvgIpc) is 2.87. The van der Waals surface area contributed by atoms with E-state index in [-0.39, 0.29) is 13.2 Å². The summed E-state index contributed by atoms with van der Waals surface area (Å²) in [7, 11) is 0. The quantitative estimate of drug-likeness (QED) is 0.141. The Labute approximate surface area is 216 Å². The Hall–Kier alpha value is -2.65. The van der Waals surface area contributed by atoms with Gasteiger partial charge in [-0.05, 0) is 24.8 Å². The molecule has 0 aliphatic rings. The van der Waals surface area contributed by atoms with Gasteiger partial charge in [-0.2, -0.15) is 5.01 Å². The molecule has 36 heavy (non-hydrogen) atoms. The van der Waals surface area contributed by atoms with Gasteiger partial charge in [0.25, 0.3) is 5.91 Å². The van der Waals surface area contributed by atoms with Crippen molar-refractivity contribution in [3.63, 3.8) is 0 Å². The van der Waals surface area contributed by atoms with E-state index >= 15 is 0 Å². The van der Waals surface area contributed by atoms with Gasteiger partial charge in [0.15, 0.2) is 0 Å². The molecule has 3 amide bonds. The van der Waals surface area contributed by atoms with Gasteiger partial charge in [-0.15, -0.1) is 0 Å². The highest BCUT2D eigenvalue weighted by Gasteiger charge is 2.30. The third kappa shape index (κ3) is 14.7. The van der Waals surface area contributed by atoms with E-state index in [1.165, 1.54) is 5.01 Å². The number of amides is 3. The maximum Gasteiger partial charge on any atom is 0.422 e. The average molecular weight is 508 g/mol. The molecule has 1 atom stereocenters. The molecule has 0 aromatic heterocycles. The number of nitrogens with zero attached hydrogens (tertiary/aromatic N) is 1. The highest BCUT2D eigenvalue weighted by Crippen LogP contribution is 2.09. The molecule has 1 aromatic carbocycles. The molecule has 2 N–H and O–H groups in total. The van der Waals surface area contributed by atoms with Crippen LogP contribution in [0.3, 0.4) is 0 Å². The van der Waals surface area contributed by atoms with Crippen molar-refractivity contribution < 1.29 is 28.6 Å². The second kappa shape index (κ2) is 20.5. The molecule has 1 aromatic rings. The van der Waals surface area contributed by atoms with Crippen molar-refractivity contribution in [2.45, 2.75) is 97.8 Å². The van der Waals surface area contributed by atoms with Crippen LogP contribution in [0.2, 0.25) is 0 Å². The molecule has 0 saturated carbocycles. The molecule has 0 heterocycles. The van der Waals surface area contributed by atoms with Crippen LogP contribution in [0.4, 0.5) is 9.59 Å². The second-order valence-electron chi connectivity index (χ2n) is 8.69. The fraction of sp³-hybridized carbons (Fsp3) is 0.667. The number of nitrogens with one attached hydrogen (secondary N) is 2. The first-order valence-electron chi connectivity index (χ1n) is 13.3. The number of imide groups is 1. The first-order valence-corrected chi connectivity index (χ1v) is 13.3. The fourth-order valence-corrected chi connectivity index (χ4v) is 3.35. The number of hydrazine groups is 1. The summed E-state index contributed by atoms with van der Waals surface area (Å²) >= 11 is 0. The van der Waals surface area contributed by atoms with E-state index < -0.39 is 24.3 Å². The van der Waals surface area contributed by atoms with Gasteiger partial charge < -0.3 is 14.2 Å². The molecule has 0 radical (unpaired) electrons. The lowest BCUT2D eigenvalue weighted by Crippen LogP contribution is -2.57. The normalized spacial score (nSPS) is 11.7. The Kier molecular flexibility index (Phi) is 17.9. The Balaban J connectivity index is 2.87. The van der Waals surface area contributed by atoms with Crippen molar-refractivity contribution in [1.29, 1.82) is 0 Å². The van der Waals surface area contributed by atoms with Crippen LogP contribution in [0, 0.1) is 0 Å². The third-order valence-corrected chi connectivity index (χ3v) is 5.44. The molecule has 0 aliphatic heterocycles. The zero-order valence-corrected chi connectivity index (χ0v) is 22.3. The number of benzene rings is 1. The predicted molar refractivity (Wildman–Crippen MR) is 139 cm³/mol. The number of hydrogen-bond acceptors (Lipinski definition) is 7. The summed E-state index contributed by atoms with van der Waals surface area (Å²) in [4.78, 5) is 37.7. The number of alkyl carbamates (subject to hydrolysis) is 1. The Morgan fingerprint density at radius 2 is 1.44 bits per heavy atom. The lowest BCUT2D eigenvalue weighted by Gasteiger charge is -2.30. The standard InChI is InChI=1S/C27H45N3O6/c1-4-7-10-15-19-30(29-27(33)36-22-23-17-13-12-14-18-23)25(34-21-16-11-8-5-2)24(31)28-26(32)35-20-9-6-3/h12-14,17-18,25H,4-11,15-16,19-22H2,1-3H3,(H,29,33)(H,28,31,32). The highest BCUT2D eigenvalue weighted by atomic mass is 16.6. The molecular formula is C27H45N3O6. The maximum absolute atomic E-state index is 13.0. The zero-order chi connectivity index (χ0) is 26.4. The van der Waals surface area contributed by atoms with Gasteiger partial charge in [-0.1, -0.05) is 96.0 Å². The summed E-state index contributed by atoms with van der Waals surface area (Å²) in [6.45, 7) is 7.19. The van der Waals surface area contributed by atoms with Crippen LogP contribution in [0.25, 0.3) is 0 Å². The zero-order valence-electron chi connectivity index (χ0n) is 22.3. The van der Waals surface area contributed by atoms with Crippen LogP contribution < -0.4 is 10.7 Å². The number of hydrogen-bond donors (Lipinski definition) is 2. The van der Waals surface area contributed by atoms with Gasteiger partial charge in [-0.25, -0.2) is 9.59 Å². The van der Waals surface area contributed by atoms with Gasteiger partial charge in [-0.3, -0.25) is 15.5 Å². The second-order valence-corrected chi connectivity index (χ2v) is 8.69. The maximum atomic E-state index is 13.0. The predicted octanol–water partition coefficient (Wildman–Crippen LogP) is 5.69. The summed E-state index contributed by atoms with van der Waals surface area (Å²) in [5.41, 5.74) is 3.50. The summed E-state index contributed by atoms with van der Waals surface area (Å²) < 4.78 is 16.3. The highest BCUT2D eigenvalue weighted by molar-refractivity contribution is 5.94. The van der Waals surface area contributed by atoms with Gasteiger partial charge in [0.1, 0.15) is 6.61 Å². The number of rotatable bonds is 19. The van der Waals surface area contributed by atoms with Crippen molar-refractivity contribution in [2.24, 2.45) is 0 Å². The van der Waals surface area contributed by atoms with E-state index in [0.29, 0.717) is 19.6 Å². The Bertz CT molecular complexity index is 731. The molecule has 0 aliphatic carbocycles. The van der Waals surface area contributed by atoms with Gasteiger partial charge in [0.2, 0.25) is 6.23 Å². The molecule has 1 unspecified atom stereocenters. The minimum absolute atomic E-state index is 0.0921. The molecule has 204 valence electrons. The minimum Gasteiger partial charge on any atom is -0.449 e. The van der Waals surface area contributed by atoms with Crippen LogP contribution in [0.5, 0.6) is 0 Å². The number of carbonyl (C=O) groups excluding carboxylic acids is 3. The molecule has 9 nitrogen and oxygen atoms in total. The monoisotopic (exact) mass is 507 g/mol. The number of carbonyl (C=O) groups is 3. The van der Waals surface area contributed by atoms with E-state index in [1.807, 2.05) is 37.3 Å². The summed E-state index contributed by atoms with van der Waals surface area (Å²) in [5, 5.41) is 3.66. The first kappa shape index (κ1) is 31.4. The van der Waals surface area contributed by atoms with E-state index in [1.54, 1.807) is 0 Å². The summed E-state index contributed by atoms with van der Waals surface area (Å²) in [5.74, 6) is -0.689. The minimum atomic E-state index is -1.20. The van der Waals surface area contributed by atoms with Crippen molar-refractivity contribution in [2.75, 3.05) is 19.8 Å². The number of unbranched alkanes of at least 4 members (excludes halogenated alkanes) is 7. The van der Waals surface area contributed by atoms with E-state index in [2.05, 4.69) is 24.6 Å². The van der Waals surface area contributed by atoms with E-state index in [4.69, 9.17) is 14.2 Å². The van der Waals surface area contributed by atoms with E-state index in [0.717, 1.165) is 63.4 Å². The Morgan fingerprint density at radius 1 is 0.778 bits per heavy atom. The fourth-order valence-electron chi connectivity index (χ4n) is 3.35. The molecule has 0 bridgehead atoms. The summed E-state index contributed by atoms with van der Waals surface area (Å²) in [6.07, 6.45) is 6.46. The van der Waals surface area contributed by atoms with Crippen molar-refractivity contribution in [3.8, 4) is 0 Å². The largest absolute Gasteiger partial charge is 0.449 e.